The van der Waals surface area contributed by atoms with Gasteiger partial charge in [0.15, 0.2) is 0 Å². The van der Waals surface area contributed by atoms with Crippen molar-refractivity contribution in [2.75, 3.05) is 20.9 Å². The van der Waals surface area contributed by atoms with E-state index < -0.39 is 39.4 Å². The molecule has 186 valence electrons. The van der Waals surface area contributed by atoms with Crippen molar-refractivity contribution in [3.05, 3.63) is 71.4 Å². The number of alkyl halides is 3. The molecule has 9 nitrogen and oxygen atoms in total. The molecule has 1 amide bonds. The van der Waals surface area contributed by atoms with Gasteiger partial charge in [-0.1, -0.05) is 28.7 Å². The number of anilines is 4. The monoisotopic (exact) mass is 512 g/mol. The molecule has 0 atom stereocenters. The first kappa shape index (κ1) is 25.7. The largest absolute Gasteiger partial charge is 0.421 e. The predicted octanol–water partition coefficient (Wildman–Crippen LogP) is 3.99. The number of nitrogens with one attached hydrogen (secondary N) is 2. The Hall–Kier alpha value is -3.94. The standard InChI is InChI=1S/C21H20F4N6O3S/c1-2-35(33,34)30-14-7-5-6-13(10-14)11-27-19-16(21(22,23)24)12-28-20(29-19)31(25)17-9-4-3-8-15(17)18(26)32/h3-10,12,30H,2,11H2,1H3,(H2,26,32)(H,27,28,29). The summed E-state index contributed by atoms with van der Waals surface area (Å²) < 4.78 is 81.5. The van der Waals surface area contributed by atoms with Crippen molar-refractivity contribution in [3.8, 4) is 0 Å². The van der Waals surface area contributed by atoms with E-state index in [2.05, 4.69) is 20.0 Å². The fraction of sp³-hybridized carbons (Fsp3) is 0.190. The second-order valence-electron chi connectivity index (χ2n) is 7.15. The van der Waals surface area contributed by atoms with E-state index in [0.717, 1.165) is 0 Å². The Morgan fingerprint density at radius 1 is 1.14 bits per heavy atom. The summed E-state index contributed by atoms with van der Waals surface area (Å²) in [5, 5.41) is 2.34. The van der Waals surface area contributed by atoms with E-state index in [4.69, 9.17) is 5.73 Å². The summed E-state index contributed by atoms with van der Waals surface area (Å²) in [6.07, 6.45) is -4.44. The molecule has 35 heavy (non-hydrogen) atoms. The van der Waals surface area contributed by atoms with Crippen molar-refractivity contribution in [3.63, 3.8) is 0 Å². The predicted molar refractivity (Wildman–Crippen MR) is 122 cm³/mol. The summed E-state index contributed by atoms with van der Waals surface area (Å²) in [4.78, 5) is 18.7. The van der Waals surface area contributed by atoms with Crippen LogP contribution < -0.4 is 20.9 Å². The molecule has 2 aromatic carbocycles. The molecule has 1 aromatic heterocycles. The Kier molecular flexibility index (Phi) is 7.43. The van der Waals surface area contributed by atoms with Crippen LogP contribution in [0.1, 0.15) is 28.4 Å². The minimum atomic E-state index is -4.86. The second kappa shape index (κ2) is 10.1. The zero-order valence-corrected chi connectivity index (χ0v) is 19.0. The van der Waals surface area contributed by atoms with Gasteiger partial charge >= 0.3 is 6.18 Å². The van der Waals surface area contributed by atoms with Crippen LogP contribution in [0.3, 0.4) is 0 Å². The van der Waals surface area contributed by atoms with Crippen molar-refractivity contribution < 1.29 is 30.9 Å². The van der Waals surface area contributed by atoms with E-state index >= 15 is 4.48 Å². The zero-order chi connectivity index (χ0) is 25.8. The number of aromatic nitrogens is 2. The highest BCUT2D eigenvalue weighted by atomic mass is 32.2. The zero-order valence-electron chi connectivity index (χ0n) is 18.2. The minimum absolute atomic E-state index is 0.147. The maximum atomic E-state index is 15.0. The summed E-state index contributed by atoms with van der Waals surface area (Å²) in [5.41, 5.74) is 4.07. The van der Waals surface area contributed by atoms with Gasteiger partial charge in [-0.3, -0.25) is 9.52 Å². The number of amides is 1. The average Bonchev–Trinajstić information content (AvgIpc) is 2.81. The molecule has 0 saturated carbocycles. The van der Waals surface area contributed by atoms with Crippen LogP contribution in [0.15, 0.2) is 54.7 Å². The molecule has 3 rings (SSSR count). The Morgan fingerprint density at radius 2 is 1.86 bits per heavy atom. The summed E-state index contributed by atoms with van der Waals surface area (Å²) in [7, 11) is -3.55. The number of carbonyl (C=O) groups excluding carboxylic acids is 1. The topological polar surface area (TPSA) is 130 Å². The number of benzene rings is 2. The second-order valence-corrected chi connectivity index (χ2v) is 9.16. The molecule has 14 heteroatoms. The molecular weight excluding hydrogens is 492 g/mol. The third kappa shape index (κ3) is 6.35. The number of nitrogens with two attached hydrogens (primary N) is 1. The molecule has 1 heterocycles. The van der Waals surface area contributed by atoms with Gasteiger partial charge < -0.3 is 11.1 Å². The molecule has 0 radical (unpaired) electrons. The Morgan fingerprint density at radius 3 is 2.51 bits per heavy atom. The lowest BCUT2D eigenvalue weighted by atomic mass is 10.1. The van der Waals surface area contributed by atoms with Crippen molar-refractivity contribution >= 4 is 39.1 Å². The van der Waals surface area contributed by atoms with Crippen LogP contribution in [0.5, 0.6) is 0 Å². The highest BCUT2D eigenvalue weighted by Gasteiger charge is 2.36. The lowest BCUT2D eigenvalue weighted by Crippen LogP contribution is -2.19. The van der Waals surface area contributed by atoms with Gasteiger partial charge in [-0.25, -0.2) is 13.4 Å². The number of hydrogen-bond acceptors (Lipinski definition) is 7. The Labute approximate surface area is 198 Å². The smallest absolute Gasteiger partial charge is 0.366 e. The normalized spacial score (nSPS) is 11.7. The van der Waals surface area contributed by atoms with Crippen molar-refractivity contribution in [2.24, 2.45) is 5.73 Å². The van der Waals surface area contributed by atoms with Gasteiger partial charge in [0, 0.05) is 18.4 Å². The Bertz CT molecular complexity index is 1330. The number of para-hydroxylation sites is 1. The molecule has 0 aliphatic heterocycles. The Balaban J connectivity index is 1.92. The van der Waals surface area contributed by atoms with Crippen LogP contribution in [-0.2, 0) is 22.7 Å². The molecule has 4 N–H and O–H groups in total. The van der Waals surface area contributed by atoms with Gasteiger partial charge in [0.25, 0.3) is 11.9 Å². The molecule has 0 aliphatic rings. The first-order valence-electron chi connectivity index (χ1n) is 10.0. The molecule has 0 unspecified atom stereocenters. The molecule has 0 fully saturated rings. The van der Waals surface area contributed by atoms with E-state index in [-0.39, 0.29) is 34.4 Å². The number of halogens is 4. The summed E-state index contributed by atoms with van der Waals surface area (Å²) in [6, 6.07) is 11.3. The number of rotatable bonds is 9. The van der Waals surface area contributed by atoms with Gasteiger partial charge in [-0.2, -0.15) is 18.2 Å². The molecule has 0 spiro atoms. The lowest BCUT2D eigenvalue weighted by Gasteiger charge is -2.18. The first-order valence-corrected chi connectivity index (χ1v) is 11.7. The first-order chi connectivity index (χ1) is 16.4. The lowest BCUT2D eigenvalue weighted by molar-refractivity contribution is -0.137. The number of primary amides is 1. The maximum absolute atomic E-state index is 15.0. The van der Waals surface area contributed by atoms with E-state index in [9.17, 15) is 26.4 Å². The van der Waals surface area contributed by atoms with Crippen LogP contribution in [0.2, 0.25) is 0 Å². The van der Waals surface area contributed by atoms with Crippen LogP contribution >= 0.6 is 0 Å². The van der Waals surface area contributed by atoms with E-state index in [1.54, 1.807) is 6.07 Å². The number of carbonyl (C=O) groups is 1. The third-order valence-corrected chi connectivity index (χ3v) is 5.99. The molecule has 0 aliphatic carbocycles. The summed E-state index contributed by atoms with van der Waals surface area (Å²) >= 11 is 0. The van der Waals surface area contributed by atoms with Crippen molar-refractivity contribution in [1.82, 2.24) is 9.97 Å². The highest BCUT2D eigenvalue weighted by molar-refractivity contribution is 7.92. The van der Waals surface area contributed by atoms with Crippen molar-refractivity contribution in [1.29, 1.82) is 0 Å². The minimum Gasteiger partial charge on any atom is -0.366 e. The van der Waals surface area contributed by atoms with E-state index in [1.165, 1.54) is 49.4 Å². The maximum Gasteiger partial charge on any atom is 0.421 e. The fourth-order valence-electron chi connectivity index (χ4n) is 2.95. The SMILES string of the molecule is CCS(=O)(=O)Nc1cccc(CNc2nc(N(F)c3ccccc3C(N)=O)ncc2C(F)(F)F)c1. The third-order valence-electron chi connectivity index (χ3n) is 4.68. The number of hydrogen-bond donors (Lipinski definition) is 3. The van der Waals surface area contributed by atoms with Gasteiger partial charge in [0.2, 0.25) is 10.0 Å². The van der Waals surface area contributed by atoms with Crippen LogP contribution in [-0.4, -0.2) is 30.0 Å². The average molecular weight is 512 g/mol. The van der Waals surface area contributed by atoms with Gasteiger partial charge in [0.1, 0.15) is 11.4 Å². The molecule has 3 aromatic rings. The van der Waals surface area contributed by atoms with Crippen LogP contribution in [0, 0.1) is 0 Å². The van der Waals surface area contributed by atoms with Crippen LogP contribution in [0.4, 0.5) is 40.8 Å². The highest BCUT2D eigenvalue weighted by Crippen LogP contribution is 2.36. The summed E-state index contributed by atoms with van der Waals surface area (Å²) in [5.74, 6) is -2.60. The van der Waals surface area contributed by atoms with Crippen LogP contribution in [0.25, 0.3) is 0 Å². The van der Waals surface area contributed by atoms with Crippen molar-refractivity contribution in [2.45, 2.75) is 19.6 Å². The quantitative estimate of drug-likeness (QED) is 0.292. The van der Waals surface area contributed by atoms with Gasteiger partial charge in [-0.15, -0.1) is 5.12 Å². The molecule has 0 bridgehead atoms. The molecule has 0 saturated heterocycles. The number of nitrogens with zero attached hydrogens (tertiary/aromatic N) is 3. The van der Waals surface area contributed by atoms with Gasteiger partial charge in [0.05, 0.1) is 17.0 Å². The summed E-state index contributed by atoms with van der Waals surface area (Å²) in [6.45, 7) is 1.25. The van der Waals surface area contributed by atoms with Gasteiger partial charge in [-0.05, 0) is 36.8 Å². The fourth-order valence-corrected chi connectivity index (χ4v) is 3.58. The van der Waals surface area contributed by atoms with E-state index in [1.807, 2.05) is 0 Å². The molecular formula is C21H20F4N6O3S. The van der Waals surface area contributed by atoms with E-state index in [0.29, 0.717) is 11.8 Å². The number of sulfonamides is 1.